The number of ether oxygens (including phenoxy) is 3. The summed E-state index contributed by atoms with van der Waals surface area (Å²) in [7, 11) is 2.32. The van der Waals surface area contributed by atoms with Crippen molar-refractivity contribution in [3.05, 3.63) is 63.1 Å². The van der Waals surface area contributed by atoms with E-state index in [2.05, 4.69) is 15.3 Å². The molecule has 1 N–H and O–H groups in total. The molecular weight excluding hydrogens is 561 g/mol. The van der Waals surface area contributed by atoms with Crippen molar-refractivity contribution in [3.63, 3.8) is 0 Å². The Morgan fingerprint density at radius 3 is 2.33 bits per heavy atom. The summed E-state index contributed by atoms with van der Waals surface area (Å²) in [6.07, 6.45) is 2.24. The highest BCUT2D eigenvalue weighted by Gasteiger charge is 2.57. The Bertz CT molecular complexity index is 1580. The molecule has 0 atom stereocenters. The van der Waals surface area contributed by atoms with Crippen molar-refractivity contribution in [2.24, 2.45) is 0 Å². The van der Waals surface area contributed by atoms with E-state index in [0.29, 0.717) is 50.3 Å². The largest absolute Gasteiger partial charge is 0.479 e. The molecule has 3 aromatic rings. The quantitative estimate of drug-likeness (QED) is 0.320. The normalized spacial score (nSPS) is 17.2. The molecule has 15 heteroatoms. The number of anilines is 4. The maximum Gasteiger partial charge on any atom is 0.294 e. The summed E-state index contributed by atoms with van der Waals surface area (Å²) in [5.41, 5.74) is -0.997. The van der Waals surface area contributed by atoms with Crippen LogP contribution in [0.4, 0.5) is 41.7 Å². The maximum atomic E-state index is 15.2. The Labute approximate surface area is 237 Å². The second kappa shape index (κ2) is 10.3. The van der Waals surface area contributed by atoms with Crippen LogP contribution in [-0.4, -0.2) is 61.3 Å². The number of nitro groups is 1. The SMILES string of the molecule is COc1nc(OC)c(F)c(N2Cc3cnc(Nc4cc(F)c(N5CCOCC5)cc4[N+](=O)[O-])cc3C3(CC3)C2=O)c1F. The predicted molar refractivity (Wildman–Crippen MR) is 143 cm³/mol. The molecular formula is C27H25F3N6O6. The molecule has 1 saturated carbocycles. The second-order valence-electron chi connectivity index (χ2n) is 10.1. The molecule has 1 aromatic carbocycles. The monoisotopic (exact) mass is 586 g/mol. The number of methoxy groups -OCH3 is 2. The van der Waals surface area contributed by atoms with Gasteiger partial charge in [-0.2, -0.15) is 13.8 Å². The third-order valence-electron chi connectivity index (χ3n) is 7.76. The average molecular weight is 587 g/mol. The Balaban J connectivity index is 1.35. The fraction of sp³-hybridized carbons (Fsp3) is 0.370. The third kappa shape index (κ3) is 4.40. The molecule has 1 spiro atoms. The van der Waals surface area contributed by atoms with Gasteiger partial charge in [0, 0.05) is 31.4 Å². The molecule has 42 heavy (non-hydrogen) atoms. The molecule has 2 aromatic heterocycles. The highest BCUT2D eigenvalue weighted by Crippen LogP contribution is 2.55. The van der Waals surface area contributed by atoms with Crippen LogP contribution in [0, 0.1) is 27.6 Å². The number of benzene rings is 1. The summed E-state index contributed by atoms with van der Waals surface area (Å²) in [6.45, 7) is 1.34. The number of aromatic nitrogens is 2. The van der Waals surface area contributed by atoms with Gasteiger partial charge in [-0.05, 0) is 30.0 Å². The Hall–Kier alpha value is -4.66. The Kier molecular flexibility index (Phi) is 6.75. The summed E-state index contributed by atoms with van der Waals surface area (Å²) >= 11 is 0. The molecule has 1 aliphatic carbocycles. The lowest BCUT2D eigenvalue weighted by molar-refractivity contribution is -0.383. The number of carbonyl (C=O) groups excluding carboxylic acids is 1. The number of nitrogens with one attached hydrogen (secondary N) is 1. The van der Waals surface area contributed by atoms with Crippen LogP contribution in [0.15, 0.2) is 24.4 Å². The molecule has 0 radical (unpaired) electrons. The molecule has 0 bridgehead atoms. The zero-order valence-corrected chi connectivity index (χ0v) is 22.6. The van der Waals surface area contributed by atoms with Crippen LogP contribution in [0.2, 0.25) is 0 Å². The first-order valence-corrected chi connectivity index (χ1v) is 13.0. The number of nitrogens with zero attached hydrogens (tertiary/aromatic N) is 5. The number of morpholine rings is 1. The fourth-order valence-corrected chi connectivity index (χ4v) is 5.51. The van der Waals surface area contributed by atoms with Crippen LogP contribution in [0.1, 0.15) is 24.0 Å². The summed E-state index contributed by atoms with van der Waals surface area (Å²) in [4.78, 5) is 35.7. The molecule has 3 aliphatic rings. The molecule has 12 nitrogen and oxygen atoms in total. The second-order valence-corrected chi connectivity index (χ2v) is 10.1. The summed E-state index contributed by atoms with van der Waals surface area (Å²) in [5, 5.41) is 14.7. The number of halogens is 3. The molecule has 4 heterocycles. The highest BCUT2D eigenvalue weighted by molar-refractivity contribution is 6.05. The van der Waals surface area contributed by atoms with Gasteiger partial charge < -0.3 is 29.3 Å². The maximum absolute atomic E-state index is 15.2. The topological polar surface area (TPSA) is 132 Å². The van der Waals surface area contributed by atoms with Crippen molar-refractivity contribution in [2.75, 3.05) is 55.6 Å². The summed E-state index contributed by atoms with van der Waals surface area (Å²) < 4.78 is 60.7. The van der Waals surface area contributed by atoms with Crippen LogP contribution in [-0.2, 0) is 21.5 Å². The zero-order chi connectivity index (χ0) is 29.8. The minimum Gasteiger partial charge on any atom is -0.479 e. The molecule has 2 fully saturated rings. The molecule has 0 unspecified atom stereocenters. The molecule has 1 saturated heterocycles. The lowest BCUT2D eigenvalue weighted by atomic mass is 9.86. The number of nitro benzene ring substituents is 1. The number of fused-ring (bicyclic) bond motifs is 2. The standard InChI is InChI=1S/C27H25F3N6O6/c1-40-24-21(29)23(22(30)25(33-24)41-2)35-13-14-12-31-20(9-15(14)27(3-4-27)26(35)37)32-17-10-16(28)18(11-19(17)36(38)39)34-5-7-42-8-6-34/h9-12H,3-8,13H2,1-2H3,(H,31,32). The Morgan fingerprint density at radius 1 is 1.07 bits per heavy atom. The van der Waals surface area contributed by atoms with E-state index in [1.54, 1.807) is 11.0 Å². The van der Waals surface area contributed by atoms with Gasteiger partial charge in [-0.15, -0.1) is 0 Å². The number of carbonyl (C=O) groups is 1. The van der Waals surface area contributed by atoms with Gasteiger partial charge in [-0.3, -0.25) is 14.9 Å². The molecule has 220 valence electrons. The van der Waals surface area contributed by atoms with E-state index in [1.165, 1.54) is 12.3 Å². The van der Waals surface area contributed by atoms with E-state index in [1.807, 2.05) is 0 Å². The number of amides is 1. The predicted octanol–water partition coefficient (Wildman–Crippen LogP) is 3.98. The highest BCUT2D eigenvalue weighted by atomic mass is 19.1. The van der Waals surface area contributed by atoms with Crippen LogP contribution in [0.5, 0.6) is 11.8 Å². The van der Waals surface area contributed by atoms with Gasteiger partial charge in [0.2, 0.25) is 17.5 Å². The number of pyridine rings is 2. The van der Waals surface area contributed by atoms with Crippen LogP contribution in [0.25, 0.3) is 0 Å². The Morgan fingerprint density at radius 2 is 1.74 bits per heavy atom. The smallest absolute Gasteiger partial charge is 0.294 e. The summed E-state index contributed by atoms with van der Waals surface area (Å²) in [6, 6.07) is 3.78. The first-order valence-electron chi connectivity index (χ1n) is 13.0. The lowest BCUT2D eigenvalue weighted by Crippen LogP contribution is -2.45. The minimum atomic E-state index is -1.15. The van der Waals surface area contributed by atoms with Crippen molar-refractivity contribution in [1.82, 2.24) is 9.97 Å². The van der Waals surface area contributed by atoms with E-state index in [-0.39, 0.29) is 29.4 Å². The molecule has 6 rings (SSSR count). The number of hydrogen-bond acceptors (Lipinski definition) is 10. The number of hydrogen-bond donors (Lipinski definition) is 1. The van der Waals surface area contributed by atoms with Gasteiger partial charge in [0.1, 0.15) is 23.0 Å². The van der Waals surface area contributed by atoms with Crippen molar-refractivity contribution in [1.29, 1.82) is 0 Å². The van der Waals surface area contributed by atoms with Gasteiger partial charge in [0.05, 0.1) is 50.0 Å². The van der Waals surface area contributed by atoms with Crippen molar-refractivity contribution in [2.45, 2.75) is 24.8 Å². The van der Waals surface area contributed by atoms with E-state index in [0.717, 1.165) is 25.2 Å². The fourth-order valence-electron chi connectivity index (χ4n) is 5.51. The molecule has 1 amide bonds. The third-order valence-corrected chi connectivity index (χ3v) is 7.76. The average Bonchev–Trinajstić information content (AvgIpc) is 3.78. The van der Waals surface area contributed by atoms with Crippen molar-refractivity contribution >= 4 is 34.5 Å². The van der Waals surface area contributed by atoms with Crippen LogP contribution < -0.4 is 24.6 Å². The van der Waals surface area contributed by atoms with E-state index < -0.39 is 51.1 Å². The van der Waals surface area contributed by atoms with Crippen LogP contribution >= 0.6 is 0 Å². The van der Waals surface area contributed by atoms with Crippen LogP contribution in [0.3, 0.4) is 0 Å². The minimum absolute atomic E-state index is 0.0976. The van der Waals surface area contributed by atoms with Gasteiger partial charge in [-0.25, -0.2) is 9.37 Å². The number of rotatable bonds is 7. The van der Waals surface area contributed by atoms with E-state index in [9.17, 15) is 14.9 Å². The van der Waals surface area contributed by atoms with E-state index in [4.69, 9.17) is 14.2 Å². The first-order chi connectivity index (χ1) is 20.2. The van der Waals surface area contributed by atoms with E-state index >= 15 is 13.2 Å². The van der Waals surface area contributed by atoms with Crippen molar-refractivity contribution in [3.8, 4) is 11.8 Å². The lowest BCUT2D eigenvalue weighted by Gasteiger charge is -2.35. The summed E-state index contributed by atoms with van der Waals surface area (Å²) in [5.74, 6) is -4.40. The van der Waals surface area contributed by atoms with Crippen molar-refractivity contribution < 1.29 is 37.1 Å². The zero-order valence-electron chi connectivity index (χ0n) is 22.6. The van der Waals surface area contributed by atoms with Gasteiger partial charge >= 0.3 is 0 Å². The van der Waals surface area contributed by atoms with Gasteiger partial charge in [-0.1, -0.05) is 0 Å². The molecule has 2 aliphatic heterocycles. The first kappa shape index (κ1) is 27.5. The van der Waals surface area contributed by atoms with Gasteiger partial charge in [0.15, 0.2) is 0 Å². The van der Waals surface area contributed by atoms with Gasteiger partial charge in [0.25, 0.3) is 17.4 Å².